The molecule has 1 amide bonds. The first-order chi connectivity index (χ1) is 11.2. The lowest BCUT2D eigenvalue weighted by atomic mass is 9.90. The quantitative estimate of drug-likeness (QED) is 0.886. The summed E-state index contributed by atoms with van der Waals surface area (Å²) >= 11 is 0. The Hall–Kier alpha value is -1.85. The van der Waals surface area contributed by atoms with Crippen LogP contribution >= 0.6 is 0 Å². The molecule has 6 heteroatoms. The van der Waals surface area contributed by atoms with Gasteiger partial charge < -0.3 is 15.0 Å². The summed E-state index contributed by atoms with van der Waals surface area (Å²) in [5, 5.41) is 3.22. The molecule has 0 bridgehead atoms. The molecular formula is C18H26F2N2O2. The maximum atomic E-state index is 13.3. The van der Waals surface area contributed by atoms with E-state index in [-0.39, 0.29) is 12.1 Å². The normalized spacial score (nSPS) is 17.5. The number of hydrogen-bond donors (Lipinski definition) is 1. The summed E-state index contributed by atoms with van der Waals surface area (Å²) in [5.74, 6) is -1.34. The van der Waals surface area contributed by atoms with Crippen LogP contribution in [0.2, 0.25) is 0 Å². The van der Waals surface area contributed by atoms with E-state index >= 15 is 0 Å². The number of rotatable bonds is 3. The second kappa shape index (κ2) is 7.36. The summed E-state index contributed by atoms with van der Waals surface area (Å²) in [6, 6.07) is 3.93. The van der Waals surface area contributed by atoms with E-state index in [0.717, 1.165) is 18.9 Å². The highest BCUT2D eigenvalue weighted by Crippen LogP contribution is 2.25. The Morgan fingerprint density at radius 1 is 1.25 bits per heavy atom. The molecule has 24 heavy (non-hydrogen) atoms. The summed E-state index contributed by atoms with van der Waals surface area (Å²) < 4.78 is 31.6. The second-order valence-corrected chi connectivity index (χ2v) is 7.37. The lowest BCUT2D eigenvalue weighted by Crippen LogP contribution is -2.44. The van der Waals surface area contributed by atoms with E-state index in [1.807, 2.05) is 27.7 Å². The number of nitrogens with zero attached hydrogens (tertiary/aromatic N) is 1. The van der Waals surface area contributed by atoms with Crippen molar-refractivity contribution in [3.05, 3.63) is 29.8 Å². The van der Waals surface area contributed by atoms with E-state index in [4.69, 9.17) is 4.74 Å². The van der Waals surface area contributed by atoms with Crippen LogP contribution in [0.3, 0.4) is 0 Å². The van der Waals surface area contributed by atoms with Gasteiger partial charge in [0.25, 0.3) is 0 Å². The molecule has 0 aromatic heterocycles. The Morgan fingerprint density at radius 3 is 2.42 bits per heavy atom. The van der Waals surface area contributed by atoms with Crippen molar-refractivity contribution in [2.45, 2.75) is 52.2 Å². The highest BCUT2D eigenvalue weighted by molar-refractivity contribution is 5.68. The van der Waals surface area contributed by atoms with E-state index in [1.54, 1.807) is 4.90 Å². The van der Waals surface area contributed by atoms with Crippen molar-refractivity contribution in [2.75, 3.05) is 18.4 Å². The number of benzene rings is 1. The molecule has 134 valence electrons. The van der Waals surface area contributed by atoms with Crippen LogP contribution in [0.5, 0.6) is 0 Å². The van der Waals surface area contributed by atoms with Crippen LogP contribution in [0.25, 0.3) is 0 Å². The molecule has 1 N–H and O–H groups in total. The van der Waals surface area contributed by atoms with E-state index < -0.39 is 17.2 Å². The molecule has 4 nitrogen and oxygen atoms in total. The van der Waals surface area contributed by atoms with Crippen LogP contribution in [-0.2, 0) is 4.74 Å². The molecular weight excluding hydrogens is 314 g/mol. The smallest absolute Gasteiger partial charge is 0.410 e. The number of ether oxygens (including phenoxy) is 1. The third-order valence-electron chi connectivity index (χ3n) is 4.21. The van der Waals surface area contributed by atoms with Crippen molar-refractivity contribution in [1.82, 2.24) is 4.90 Å². The van der Waals surface area contributed by atoms with Crippen LogP contribution in [0, 0.1) is 17.6 Å². The molecule has 2 rings (SSSR count). The van der Waals surface area contributed by atoms with Gasteiger partial charge in [-0.15, -0.1) is 0 Å². The van der Waals surface area contributed by atoms with Gasteiger partial charge in [0, 0.05) is 30.9 Å². The van der Waals surface area contributed by atoms with Gasteiger partial charge in [-0.05, 0) is 58.6 Å². The molecule has 1 heterocycles. The minimum atomic E-state index is -0.855. The molecule has 1 aliphatic heterocycles. The van der Waals surface area contributed by atoms with E-state index in [9.17, 15) is 13.6 Å². The highest BCUT2D eigenvalue weighted by Gasteiger charge is 2.29. The lowest BCUT2D eigenvalue weighted by molar-refractivity contribution is 0.0179. The number of amides is 1. The fourth-order valence-corrected chi connectivity index (χ4v) is 2.88. The first kappa shape index (κ1) is 18.5. The highest BCUT2D eigenvalue weighted by atomic mass is 19.2. The number of carbonyl (C=O) groups excluding carboxylic acids is 1. The summed E-state index contributed by atoms with van der Waals surface area (Å²) in [6.45, 7) is 8.87. The average Bonchev–Trinajstić information content (AvgIpc) is 2.49. The molecule has 1 aromatic carbocycles. The van der Waals surface area contributed by atoms with Crippen LogP contribution < -0.4 is 5.32 Å². The molecule has 1 unspecified atom stereocenters. The first-order valence-corrected chi connectivity index (χ1v) is 8.35. The summed E-state index contributed by atoms with van der Waals surface area (Å²) in [4.78, 5) is 13.8. The van der Waals surface area contributed by atoms with Gasteiger partial charge in [0.15, 0.2) is 11.6 Å². The number of hydrogen-bond acceptors (Lipinski definition) is 3. The number of likely N-dealkylation sites (tertiary alicyclic amines) is 1. The van der Waals surface area contributed by atoms with E-state index in [0.29, 0.717) is 24.7 Å². The van der Waals surface area contributed by atoms with Crippen molar-refractivity contribution < 1.29 is 18.3 Å². The molecule has 0 saturated carbocycles. The largest absolute Gasteiger partial charge is 0.444 e. The molecule has 1 aromatic rings. The Kier molecular flexibility index (Phi) is 5.67. The average molecular weight is 340 g/mol. The van der Waals surface area contributed by atoms with Crippen molar-refractivity contribution in [1.29, 1.82) is 0 Å². The molecule has 1 saturated heterocycles. The van der Waals surface area contributed by atoms with Gasteiger partial charge in [-0.3, -0.25) is 0 Å². The predicted octanol–water partition coefficient (Wildman–Crippen LogP) is 4.41. The Bertz CT molecular complexity index is 579. The number of piperidine rings is 1. The summed E-state index contributed by atoms with van der Waals surface area (Å²) in [7, 11) is 0. The van der Waals surface area contributed by atoms with Crippen molar-refractivity contribution >= 4 is 11.8 Å². The van der Waals surface area contributed by atoms with Gasteiger partial charge >= 0.3 is 6.09 Å². The SMILES string of the molecule is CC(Nc1ccc(F)c(F)c1)C1CCN(C(=O)OC(C)(C)C)CC1. The standard InChI is InChI=1S/C18H26F2N2O2/c1-12(21-14-5-6-15(19)16(20)11-14)13-7-9-22(10-8-13)17(23)24-18(2,3)4/h5-6,11-13,21H,7-10H2,1-4H3. The van der Waals surface area contributed by atoms with Crippen molar-refractivity contribution in [2.24, 2.45) is 5.92 Å². The Morgan fingerprint density at radius 2 is 1.88 bits per heavy atom. The maximum Gasteiger partial charge on any atom is 0.410 e. The lowest BCUT2D eigenvalue weighted by Gasteiger charge is -2.36. The van der Waals surface area contributed by atoms with Crippen LogP contribution in [0.15, 0.2) is 18.2 Å². The maximum absolute atomic E-state index is 13.3. The Balaban J connectivity index is 1.85. The fourth-order valence-electron chi connectivity index (χ4n) is 2.88. The van der Waals surface area contributed by atoms with Gasteiger partial charge in [-0.2, -0.15) is 0 Å². The third kappa shape index (κ3) is 5.08. The predicted molar refractivity (Wildman–Crippen MR) is 90.0 cm³/mol. The Labute approximate surface area is 142 Å². The van der Waals surface area contributed by atoms with Gasteiger partial charge in [-0.25, -0.2) is 13.6 Å². The van der Waals surface area contributed by atoms with Gasteiger partial charge in [0.1, 0.15) is 5.60 Å². The number of carbonyl (C=O) groups is 1. The zero-order chi connectivity index (χ0) is 17.9. The first-order valence-electron chi connectivity index (χ1n) is 8.35. The molecule has 0 aliphatic carbocycles. The number of anilines is 1. The van der Waals surface area contributed by atoms with Crippen LogP contribution in [0.4, 0.5) is 19.3 Å². The van der Waals surface area contributed by atoms with Crippen molar-refractivity contribution in [3.8, 4) is 0 Å². The third-order valence-corrected chi connectivity index (χ3v) is 4.21. The molecule has 0 spiro atoms. The number of halogens is 2. The molecule has 1 fully saturated rings. The van der Waals surface area contributed by atoms with Gasteiger partial charge in [0.05, 0.1) is 0 Å². The van der Waals surface area contributed by atoms with E-state index in [2.05, 4.69) is 5.32 Å². The topological polar surface area (TPSA) is 41.6 Å². The zero-order valence-corrected chi connectivity index (χ0v) is 14.7. The second-order valence-electron chi connectivity index (χ2n) is 7.37. The van der Waals surface area contributed by atoms with Gasteiger partial charge in [0.2, 0.25) is 0 Å². The van der Waals surface area contributed by atoms with Crippen molar-refractivity contribution in [3.63, 3.8) is 0 Å². The molecule has 1 atom stereocenters. The molecule has 1 aliphatic rings. The van der Waals surface area contributed by atoms with Crippen LogP contribution in [0.1, 0.15) is 40.5 Å². The summed E-state index contributed by atoms with van der Waals surface area (Å²) in [5.41, 5.74) is 0.0751. The number of nitrogens with one attached hydrogen (secondary N) is 1. The zero-order valence-electron chi connectivity index (χ0n) is 14.7. The molecule has 0 radical (unpaired) electrons. The van der Waals surface area contributed by atoms with E-state index in [1.165, 1.54) is 12.1 Å². The minimum Gasteiger partial charge on any atom is -0.444 e. The fraction of sp³-hybridized carbons (Fsp3) is 0.611. The summed E-state index contributed by atoms with van der Waals surface area (Å²) in [6.07, 6.45) is 1.41. The minimum absolute atomic E-state index is 0.107. The van der Waals surface area contributed by atoms with Gasteiger partial charge in [-0.1, -0.05) is 0 Å². The van der Waals surface area contributed by atoms with Crippen LogP contribution in [-0.4, -0.2) is 35.7 Å². The monoisotopic (exact) mass is 340 g/mol.